The van der Waals surface area contributed by atoms with Gasteiger partial charge in [-0.15, -0.1) is 0 Å². The van der Waals surface area contributed by atoms with Crippen LogP contribution >= 0.6 is 15.9 Å². The highest BCUT2D eigenvalue weighted by atomic mass is 79.9. The number of hydrogen-bond donors (Lipinski definition) is 1. The molecule has 0 unspecified atom stereocenters. The van der Waals surface area contributed by atoms with Gasteiger partial charge in [-0.25, -0.2) is 4.39 Å². The number of benzene rings is 1. The molecule has 1 fully saturated rings. The van der Waals surface area contributed by atoms with E-state index in [1.807, 2.05) is 13.8 Å². The molecule has 0 radical (unpaired) electrons. The molecule has 0 aromatic heterocycles. The maximum absolute atomic E-state index is 14.0. The third-order valence-corrected chi connectivity index (χ3v) is 4.64. The highest BCUT2D eigenvalue weighted by Crippen LogP contribution is 2.24. The summed E-state index contributed by atoms with van der Waals surface area (Å²) >= 11 is 3.29. The SMILES string of the molecule is CC(C)N(CC1CCNCC1)C(=O)c1c(F)cccc1Br. The number of hydrogen-bond acceptors (Lipinski definition) is 2. The first-order valence-electron chi connectivity index (χ1n) is 7.46. The van der Waals surface area contributed by atoms with Gasteiger partial charge in [-0.1, -0.05) is 6.07 Å². The van der Waals surface area contributed by atoms with Gasteiger partial charge in [0.25, 0.3) is 5.91 Å². The average Bonchev–Trinajstić information content (AvgIpc) is 2.45. The second-order valence-electron chi connectivity index (χ2n) is 5.84. The molecular weight excluding hydrogens is 335 g/mol. The van der Waals surface area contributed by atoms with Crippen LogP contribution in [0.2, 0.25) is 0 Å². The summed E-state index contributed by atoms with van der Waals surface area (Å²) in [5, 5.41) is 3.33. The van der Waals surface area contributed by atoms with Crippen molar-refractivity contribution in [2.45, 2.75) is 32.7 Å². The van der Waals surface area contributed by atoms with Crippen LogP contribution in [0.4, 0.5) is 4.39 Å². The zero-order valence-electron chi connectivity index (χ0n) is 12.5. The lowest BCUT2D eigenvalue weighted by Gasteiger charge is -2.33. The number of nitrogens with one attached hydrogen (secondary N) is 1. The van der Waals surface area contributed by atoms with E-state index in [9.17, 15) is 9.18 Å². The van der Waals surface area contributed by atoms with E-state index in [4.69, 9.17) is 0 Å². The molecule has 1 aromatic carbocycles. The summed E-state index contributed by atoms with van der Waals surface area (Å²) in [4.78, 5) is 14.5. The lowest BCUT2D eigenvalue weighted by molar-refractivity contribution is 0.0652. The van der Waals surface area contributed by atoms with E-state index in [0.717, 1.165) is 25.9 Å². The van der Waals surface area contributed by atoms with Gasteiger partial charge in [0.15, 0.2) is 0 Å². The number of nitrogens with zero attached hydrogens (tertiary/aromatic N) is 1. The van der Waals surface area contributed by atoms with Crippen LogP contribution in [0.15, 0.2) is 22.7 Å². The van der Waals surface area contributed by atoms with Crippen LogP contribution in [-0.4, -0.2) is 36.5 Å². The standard InChI is InChI=1S/C16H22BrFN2O/c1-11(2)20(10-12-6-8-19-9-7-12)16(21)15-13(17)4-3-5-14(15)18/h3-5,11-12,19H,6-10H2,1-2H3. The topological polar surface area (TPSA) is 32.3 Å². The molecule has 21 heavy (non-hydrogen) atoms. The number of carbonyl (C=O) groups excluding carboxylic acids is 1. The first-order valence-corrected chi connectivity index (χ1v) is 8.25. The van der Waals surface area contributed by atoms with Crippen molar-refractivity contribution in [3.8, 4) is 0 Å². The maximum Gasteiger partial charge on any atom is 0.258 e. The summed E-state index contributed by atoms with van der Waals surface area (Å²) in [6.45, 7) is 6.64. The molecule has 1 aliphatic heterocycles. The van der Waals surface area contributed by atoms with Crippen LogP contribution in [0.25, 0.3) is 0 Å². The van der Waals surface area contributed by atoms with E-state index in [1.54, 1.807) is 17.0 Å². The van der Waals surface area contributed by atoms with Gasteiger partial charge in [-0.3, -0.25) is 4.79 Å². The fourth-order valence-electron chi connectivity index (χ4n) is 2.72. The van der Waals surface area contributed by atoms with Crippen molar-refractivity contribution in [1.82, 2.24) is 10.2 Å². The molecule has 1 saturated heterocycles. The predicted molar refractivity (Wildman–Crippen MR) is 85.9 cm³/mol. The smallest absolute Gasteiger partial charge is 0.258 e. The molecule has 2 rings (SSSR count). The van der Waals surface area contributed by atoms with Gasteiger partial charge in [-0.05, 0) is 73.8 Å². The van der Waals surface area contributed by atoms with Crippen molar-refractivity contribution < 1.29 is 9.18 Å². The lowest BCUT2D eigenvalue weighted by Crippen LogP contribution is -2.43. The van der Waals surface area contributed by atoms with Gasteiger partial charge in [0.1, 0.15) is 5.82 Å². The van der Waals surface area contributed by atoms with Crippen molar-refractivity contribution in [3.63, 3.8) is 0 Å². The summed E-state index contributed by atoms with van der Waals surface area (Å²) in [7, 11) is 0. The molecule has 1 aromatic rings. The van der Waals surface area contributed by atoms with Gasteiger partial charge in [-0.2, -0.15) is 0 Å². The Morgan fingerprint density at radius 3 is 2.67 bits per heavy atom. The van der Waals surface area contributed by atoms with E-state index < -0.39 is 5.82 Å². The van der Waals surface area contributed by atoms with E-state index >= 15 is 0 Å². The van der Waals surface area contributed by atoms with E-state index in [-0.39, 0.29) is 17.5 Å². The van der Waals surface area contributed by atoms with Crippen LogP contribution in [0, 0.1) is 11.7 Å². The van der Waals surface area contributed by atoms with Crippen molar-refractivity contribution in [2.75, 3.05) is 19.6 Å². The van der Waals surface area contributed by atoms with Crippen molar-refractivity contribution in [2.24, 2.45) is 5.92 Å². The highest BCUT2D eigenvalue weighted by Gasteiger charge is 2.26. The van der Waals surface area contributed by atoms with Crippen LogP contribution < -0.4 is 5.32 Å². The number of piperidine rings is 1. The first-order chi connectivity index (χ1) is 10.0. The van der Waals surface area contributed by atoms with Crippen LogP contribution in [0.5, 0.6) is 0 Å². The van der Waals surface area contributed by atoms with Crippen molar-refractivity contribution >= 4 is 21.8 Å². The zero-order valence-corrected chi connectivity index (χ0v) is 14.1. The molecule has 0 saturated carbocycles. The van der Waals surface area contributed by atoms with E-state index in [0.29, 0.717) is 16.9 Å². The second-order valence-corrected chi connectivity index (χ2v) is 6.70. The Kier molecular flexibility index (Phi) is 5.76. The Bertz CT molecular complexity index is 481. The molecule has 3 nitrogen and oxygen atoms in total. The molecule has 1 N–H and O–H groups in total. The molecule has 1 heterocycles. The van der Waals surface area contributed by atoms with E-state index in [1.165, 1.54) is 6.07 Å². The third kappa shape index (κ3) is 4.04. The molecule has 1 aliphatic rings. The predicted octanol–water partition coefficient (Wildman–Crippen LogP) is 3.44. The van der Waals surface area contributed by atoms with Gasteiger partial charge in [0.2, 0.25) is 0 Å². The monoisotopic (exact) mass is 356 g/mol. The maximum atomic E-state index is 14.0. The summed E-state index contributed by atoms with van der Waals surface area (Å²) in [6.07, 6.45) is 2.13. The first kappa shape index (κ1) is 16.4. The number of amides is 1. The molecule has 116 valence electrons. The van der Waals surface area contributed by atoms with Crippen molar-refractivity contribution in [3.05, 3.63) is 34.1 Å². The Morgan fingerprint density at radius 1 is 1.43 bits per heavy atom. The fraction of sp³-hybridized carbons (Fsp3) is 0.562. The average molecular weight is 357 g/mol. The summed E-state index contributed by atoms with van der Waals surface area (Å²) in [5.74, 6) is -0.206. The molecule has 0 atom stereocenters. The molecule has 0 bridgehead atoms. The Hall–Kier alpha value is -0.940. The van der Waals surface area contributed by atoms with Crippen molar-refractivity contribution in [1.29, 1.82) is 0 Å². The Balaban J connectivity index is 2.19. The normalized spacial score (nSPS) is 16.2. The van der Waals surface area contributed by atoms with Gasteiger partial charge >= 0.3 is 0 Å². The summed E-state index contributed by atoms with van der Waals surface area (Å²) < 4.78 is 14.5. The molecular formula is C16H22BrFN2O. The van der Waals surface area contributed by atoms with Gasteiger partial charge < -0.3 is 10.2 Å². The van der Waals surface area contributed by atoms with Gasteiger partial charge in [0.05, 0.1) is 5.56 Å². The summed E-state index contributed by atoms with van der Waals surface area (Å²) in [5.41, 5.74) is 0.139. The van der Waals surface area contributed by atoms with Gasteiger partial charge in [0, 0.05) is 17.1 Å². The zero-order chi connectivity index (χ0) is 15.4. The molecule has 0 spiro atoms. The van der Waals surface area contributed by atoms with Crippen LogP contribution in [0.3, 0.4) is 0 Å². The summed E-state index contributed by atoms with van der Waals surface area (Å²) in [6, 6.07) is 4.70. The van der Waals surface area contributed by atoms with Crippen LogP contribution in [0.1, 0.15) is 37.0 Å². The quantitative estimate of drug-likeness (QED) is 0.895. The van der Waals surface area contributed by atoms with Crippen LogP contribution in [-0.2, 0) is 0 Å². The third-order valence-electron chi connectivity index (χ3n) is 3.97. The number of rotatable bonds is 4. The highest BCUT2D eigenvalue weighted by molar-refractivity contribution is 9.10. The minimum atomic E-state index is -0.467. The number of halogens is 2. The minimum absolute atomic E-state index is 0.0545. The molecule has 5 heteroatoms. The number of carbonyl (C=O) groups is 1. The largest absolute Gasteiger partial charge is 0.336 e. The Labute approximate surface area is 134 Å². The second kappa shape index (κ2) is 7.36. The van der Waals surface area contributed by atoms with E-state index in [2.05, 4.69) is 21.2 Å². The molecule has 1 amide bonds. The molecule has 0 aliphatic carbocycles. The fourth-order valence-corrected chi connectivity index (χ4v) is 3.23. The minimum Gasteiger partial charge on any atom is -0.336 e. The lowest BCUT2D eigenvalue weighted by atomic mass is 9.96. The Morgan fingerprint density at radius 2 is 2.10 bits per heavy atom.